The lowest BCUT2D eigenvalue weighted by atomic mass is 9.99. The van der Waals surface area contributed by atoms with Crippen LogP contribution in [0.5, 0.6) is 0 Å². The van der Waals surface area contributed by atoms with Crippen molar-refractivity contribution in [1.82, 2.24) is 4.90 Å². The maximum absolute atomic E-state index is 9.78. The van der Waals surface area contributed by atoms with E-state index in [1.165, 1.54) is 38.6 Å². The van der Waals surface area contributed by atoms with Crippen LogP contribution >= 0.6 is 0 Å². The van der Waals surface area contributed by atoms with Crippen molar-refractivity contribution in [2.75, 3.05) is 26.7 Å². The Kier molecular flexibility index (Phi) is 6.45. The van der Waals surface area contributed by atoms with Crippen LogP contribution < -0.4 is 5.73 Å². The molecule has 17 heavy (non-hydrogen) atoms. The zero-order valence-electron chi connectivity index (χ0n) is 11.6. The molecule has 1 atom stereocenters. The molecule has 0 heterocycles. The van der Waals surface area contributed by atoms with Crippen molar-refractivity contribution < 1.29 is 5.11 Å². The second-order valence-electron chi connectivity index (χ2n) is 6.07. The molecule has 0 bridgehead atoms. The van der Waals surface area contributed by atoms with Crippen molar-refractivity contribution in [1.29, 1.82) is 0 Å². The number of rotatable bonds is 8. The summed E-state index contributed by atoms with van der Waals surface area (Å²) in [6.45, 7) is 4.60. The quantitative estimate of drug-likeness (QED) is 0.640. The van der Waals surface area contributed by atoms with E-state index in [1.54, 1.807) is 0 Å². The highest BCUT2D eigenvalue weighted by Gasteiger charge is 2.18. The molecular formula is C14H30N2O. The number of aliphatic hydroxyl groups is 1. The molecule has 0 saturated heterocycles. The molecule has 1 rings (SSSR count). The second-order valence-corrected chi connectivity index (χ2v) is 6.07. The summed E-state index contributed by atoms with van der Waals surface area (Å²) in [4.78, 5) is 2.45. The van der Waals surface area contributed by atoms with Crippen molar-refractivity contribution in [3.05, 3.63) is 0 Å². The fourth-order valence-corrected chi connectivity index (χ4v) is 2.71. The minimum absolute atomic E-state index is 0.366. The molecule has 0 aromatic heterocycles. The summed E-state index contributed by atoms with van der Waals surface area (Å²) in [5, 5.41) is 9.78. The Bertz CT molecular complexity index is 200. The Hall–Kier alpha value is -0.120. The highest BCUT2D eigenvalue weighted by molar-refractivity contribution is 4.74. The molecule has 3 N–H and O–H groups in total. The molecule has 3 nitrogen and oxygen atoms in total. The van der Waals surface area contributed by atoms with Gasteiger partial charge < -0.3 is 15.7 Å². The van der Waals surface area contributed by atoms with Crippen molar-refractivity contribution in [3.63, 3.8) is 0 Å². The van der Waals surface area contributed by atoms with Gasteiger partial charge in [-0.05, 0) is 58.5 Å². The van der Waals surface area contributed by atoms with E-state index in [9.17, 15) is 5.11 Å². The van der Waals surface area contributed by atoms with Gasteiger partial charge >= 0.3 is 0 Å². The van der Waals surface area contributed by atoms with Gasteiger partial charge in [0.25, 0.3) is 0 Å². The van der Waals surface area contributed by atoms with Gasteiger partial charge in [0.05, 0.1) is 5.60 Å². The third-order valence-electron chi connectivity index (χ3n) is 3.99. The first-order valence-electron chi connectivity index (χ1n) is 7.14. The molecule has 0 amide bonds. The third kappa shape index (κ3) is 6.39. The fraction of sp³-hybridized carbons (Fsp3) is 1.00. The van der Waals surface area contributed by atoms with Crippen LogP contribution in [0.15, 0.2) is 0 Å². The van der Waals surface area contributed by atoms with E-state index in [1.807, 2.05) is 6.92 Å². The first kappa shape index (κ1) is 14.9. The summed E-state index contributed by atoms with van der Waals surface area (Å²) in [7, 11) is 2.22. The summed E-state index contributed by atoms with van der Waals surface area (Å²) in [5.74, 6) is 0.937. The zero-order valence-corrected chi connectivity index (χ0v) is 11.6. The first-order valence-corrected chi connectivity index (χ1v) is 7.14. The van der Waals surface area contributed by atoms with E-state index in [0.717, 1.165) is 25.3 Å². The van der Waals surface area contributed by atoms with E-state index >= 15 is 0 Å². The van der Waals surface area contributed by atoms with Gasteiger partial charge in [0.1, 0.15) is 0 Å². The normalized spacial score (nSPS) is 21.0. The van der Waals surface area contributed by atoms with Crippen LogP contribution in [0.3, 0.4) is 0 Å². The van der Waals surface area contributed by atoms with Gasteiger partial charge in [-0.1, -0.05) is 12.8 Å². The summed E-state index contributed by atoms with van der Waals surface area (Å²) in [5.41, 5.74) is 4.83. The minimum atomic E-state index is -0.663. The smallest absolute Gasteiger partial charge is 0.0741 e. The molecule has 1 aliphatic rings. The maximum Gasteiger partial charge on any atom is 0.0741 e. The average molecular weight is 242 g/mol. The number of hydrogen-bond acceptors (Lipinski definition) is 3. The van der Waals surface area contributed by atoms with E-state index in [0.29, 0.717) is 6.54 Å². The van der Waals surface area contributed by atoms with Gasteiger partial charge in [-0.2, -0.15) is 0 Å². The van der Waals surface area contributed by atoms with Crippen LogP contribution in [0.1, 0.15) is 51.9 Å². The zero-order chi connectivity index (χ0) is 12.7. The molecule has 0 aromatic rings. The first-order chi connectivity index (χ1) is 8.03. The van der Waals surface area contributed by atoms with Crippen LogP contribution in [-0.4, -0.2) is 42.3 Å². The third-order valence-corrected chi connectivity index (χ3v) is 3.99. The number of unbranched alkanes of at least 4 members (excludes halogenated alkanes) is 1. The molecule has 1 aliphatic carbocycles. The van der Waals surface area contributed by atoms with Gasteiger partial charge in [-0.15, -0.1) is 0 Å². The van der Waals surface area contributed by atoms with Gasteiger partial charge in [-0.25, -0.2) is 0 Å². The highest BCUT2D eigenvalue weighted by atomic mass is 16.3. The Balaban J connectivity index is 2.01. The predicted octanol–water partition coefficient (Wildman–Crippen LogP) is 1.99. The summed E-state index contributed by atoms with van der Waals surface area (Å²) in [6, 6.07) is 0. The average Bonchev–Trinajstić information content (AvgIpc) is 2.77. The number of nitrogens with two attached hydrogens (primary N) is 1. The van der Waals surface area contributed by atoms with Crippen molar-refractivity contribution in [2.45, 2.75) is 57.5 Å². The topological polar surface area (TPSA) is 49.5 Å². The van der Waals surface area contributed by atoms with Gasteiger partial charge in [-0.3, -0.25) is 0 Å². The minimum Gasteiger partial charge on any atom is -0.389 e. The molecule has 0 aliphatic heterocycles. The summed E-state index contributed by atoms with van der Waals surface area (Å²) in [6.07, 6.45) is 8.76. The molecule has 0 spiro atoms. The Labute approximate surface area is 106 Å². The van der Waals surface area contributed by atoms with Crippen LogP contribution in [0, 0.1) is 5.92 Å². The second kappa shape index (κ2) is 7.34. The monoisotopic (exact) mass is 242 g/mol. The molecular weight excluding hydrogens is 212 g/mol. The van der Waals surface area contributed by atoms with Crippen LogP contribution in [0.25, 0.3) is 0 Å². The Morgan fingerprint density at radius 1 is 1.29 bits per heavy atom. The van der Waals surface area contributed by atoms with Crippen molar-refractivity contribution >= 4 is 0 Å². The Morgan fingerprint density at radius 2 is 1.94 bits per heavy atom. The lowest BCUT2D eigenvalue weighted by molar-refractivity contribution is 0.0565. The van der Waals surface area contributed by atoms with E-state index in [4.69, 9.17) is 5.73 Å². The maximum atomic E-state index is 9.78. The van der Waals surface area contributed by atoms with Gasteiger partial charge in [0.2, 0.25) is 0 Å². The van der Waals surface area contributed by atoms with Crippen molar-refractivity contribution in [3.8, 4) is 0 Å². The fourth-order valence-electron chi connectivity index (χ4n) is 2.71. The van der Waals surface area contributed by atoms with E-state index in [2.05, 4.69) is 11.9 Å². The standard InChI is InChI=1S/C14H30N2O/c1-14(17,12-15)9-5-6-10-16(2)11-13-7-3-4-8-13/h13,17H,3-12,15H2,1-2H3. The highest BCUT2D eigenvalue weighted by Crippen LogP contribution is 2.25. The summed E-state index contributed by atoms with van der Waals surface area (Å²) >= 11 is 0. The summed E-state index contributed by atoms with van der Waals surface area (Å²) < 4.78 is 0. The molecule has 0 radical (unpaired) electrons. The lowest BCUT2D eigenvalue weighted by Gasteiger charge is -2.23. The number of nitrogens with zero attached hydrogens (tertiary/aromatic N) is 1. The SMILES string of the molecule is CN(CCCCC(C)(O)CN)CC1CCCC1. The molecule has 1 fully saturated rings. The van der Waals surface area contributed by atoms with Crippen LogP contribution in [-0.2, 0) is 0 Å². The van der Waals surface area contributed by atoms with E-state index in [-0.39, 0.29) is 0 Å². The lowest BCUT2D eigenvalue weighted by Crippen LogP contribution is -2.34. The predicted molar refractivity (Wildman–Crippen MR) is 73.0 cm³/mol. The van der Waals surface area contributed by atoms with Crippen molar-refractivity contribution in [2.24, 2.45) is 11.7 Å². The molecule has 102 valence electrons. The van der Waals surface area contributed by atoms with Crippen LogP contribution in [0.4, 0.5) is 0 Å². The van der Waals surface area contributed by atoms with Crippen LogP contribution in [0.2, 0.25) is 0 Å². The molecule has 1 unspecified atom stereocenters. The molecule has 1 saturated carbocycles. The molecule has 0 aromatic carbocycles. The largest absolute Gasteiger partial charge is 0.389 e. The van der Waals surface area contributed by atoms with Gasteiger partial charge in [0.15, 0.2) is 0 Å². The Morgan fingerprint density at radius 3 is 2.53 bits per heavy atom. The molecule has 3 heteroatoms. The van der Waals surface area contributed by atoms with E-state index < -0.39 is 5.60 Å². The number of hydrogen-bond donors (Lipinski definition) is 2. The van der Waals surface area contributed by atoms with Gasteiger partial charge in [0, 0.05) is 13.1 Å².